The maximum absolute atomic E-state index is 11.5. The van der Waals surface area contributed by atoms with Crippen molar-refractivity contribution in [1.82, 2.24) is 19.8 Å². The SMILES string of the molecule is O=C(O)N1CCC(c2ncnc3cc(OC4CCOCC4)ccc23)(N2CCCC2)CC1. The summed E-state index contributed by atoms with van der Waals surface area (Å²) < 4.78 is 11.6. The van der Waals surface area contributed by atoms with Crippen LogP contribution < -0.4 is 4.74 Å². The van der Waals surface area contributed by atoms with Gasteiger partial charge in [-0.3, -0.25) is 4.90 Å². The summed E-state index contributed by atoms with van der Waals surface area (Å²) in [7, 11) is 0. The van der Waals surface area contributed by atoms with Crippen LogP contribution in [-0.2, 0) is 10.3 Å². The van der Waals surface area contributed by atoms with Gasteiger partial charge in [0.15, 0.2) is 0 Å². The predicted octanol–water partition coefficient (Wildman–Crippen LogP) is 3.25. The molecule has 0 aliphatic carbocycles. The van der Waals surface area contributed by atoms with Gasteiger partial charge in [0.05, 0.1) is 30.0 Å². The van der Waals surface area contributed by atoms with Crippen LogP contribution in [0.3, 0.4) is 0 Å². The molecule has 0 saturated carbocycles. The molecule has 5 rings (SSSR count). The van der Waals surface area contributed by atoms with Gasteiger partial charge in [-0.15, -0.1) is 0 Å². The van der Waals surface area contributed by atoms with Crippen LogP contribution in [0.25, 0.3) is 10.9 Å². The fraction of sp³-hybridized carbons (Fsp3) is 0.609. The minimum Gasteiger partial charge on any atom is -0.490 e. The third-order valence-corrected chi connectivity index (χ3v) is 7.09. The van der Waals surface area contributed by atoms with E-state index >= 15 is 0 Å². The Hall–Kier alpha value is -2.45. The number of hydrogen-bond acceptors (Lipinski definition) is 6. The molecule has 8 nitrogen and oxygen atoms in total. The van der Waals surface area contributed by atoms with Crippen molar-refractivity contribution >= 4 is 17.0 Å². The molecule has 3 aliphatic heterocycles. The van der Waals surface area contributed by atoms with Crippen molar-refractivity contribution in [1.29, 1.82) is 0 Å². The lowest BCUT2D eigenvalue weighted by Gasteiger charge is -2.46. The summed E-state index contributed by atoms with van der Waals surface area (Å²) in [6.07, 6.45) is 6.68. The van der Waals surface area contributed by atoms with E-state index < -0.39 is 6.09 Å². The maximum Gasteiger partial charge on any atom is 0.407 e. The smallest absolute Gasteiger partial charge is 0.407 e. The minimum absolute atomic E-state index is 0.184. The molecule has 3 fully saturated rings. The van der Waals surface area contributed by atoms with E-state index in [0.29, 0.717) is 13.1 Å². The zero-order chi connectivity index (χ0) is 21.3. The molecule has 4 heterocycles. The molecule has 31 heavy (non-hydrogen) atoms. The van der Waals surface area contributed by atoms with Crippen LogP contribution in [0.4, 0.5) is 4.79 Å². The highest BCUT2D eigenvalue weighted by Gasteiger charge is 2.45. The molecule has 1 N–H and O–H groups in total. The van der Waals surface area contributed by atoms with E-state index in [4.69, 9.17) is 14.5 Å². The standard InChI is InChI=1S/C23H30N4O4/c28-22(29)26-11-7-23(8-12-26,27-9-1-2-10-27)21-19-4-3-18(15-20(19)24-16-25-21)31-17-5-13-30-14-6-17/h3-4,15-17H,1-2,5-14H2,(H,28,29). The number of hydrogen-bond donors (Lipinski definition) is 1. The Kier molecular flexibility index (Phi) is 5.67. The van der Waals surface area contributed by atoms with Gasteiger partial charge in [0, 0.05) is 37.4 Å². The number of nitrogens with zero attached hydrogens (tertiary/aromatic N) is 4. The molecule has 1 aromatic heterocycles. The van der Waals surface area contributed by atoms with Gasteiger partial charge in [-0.05, 0) is 50.9 Å². The Bertz CT molecular complexity index is 932. The average molecular weight is 427 g/mol. The molecule has 2 aromatic rings. The normalized spacial score (nSPS) is 22.6. The first-order chi connectivity index (χ1) is 15.2. The van der Waals surface area contributed by atoms with Crippen molar-refractivity contribution in [3.05, 3.63) is 30.2 Å². The van der Waals surface area contributed by atoms with E-state index in [1.165, 1.54) is 17.7 Å². The van der Waals surface area contributed by atoms with Crippen molar-refractivity contribution < 1.29 is 19.4 Å². The fourth-order valence-electron chi connectivity index (χ4n) is 5.38. The van der Waals surface area contributed by atoms with Crippen molar-refractivity contribution in [3.63, 3.8) is 0 Å². The average Bonchev–Trinajstić information content (AvgIpc) is 3.35. The molecule has 0 spiro atoms. The second kappa shape index (κ2) is 8.59. The zero-order valence-electron chi connectivity index (χ0n) is 17.8. The summed E-state index contributed by atoms with van der Waals surface area (Å²) >= 11 is 0. The number of carboxylic acid groups (broad SMARTS) is 1. The van der Waals surface area contributed by atoms with Crippen LogP contribution in [0.1, 0.15) is 44.2 Å². The number of ether oxygens (including phenoxy) is 2. The number of fused-ring (bicyclic) bond motifs is 1. The van der Waals surface area contributed by atoms with E-state index in [1.807, 2.05) is 12.1 Å². The molecular formula is C23H30N4O4. The van der Waals surface area contributed by atoms with Crippen molar-refractivity contribution in [2.75, 3.05) is 39.4 Å². The molecule has 0 radical (unpaired) electrons. The Balaban J connectivity index is 1.48. The summed E-state index contributed by atoms with van der Waals surface area (Å²) in [5.41, 5.74) is 1.67. The highest BCUT2D eigenvalue weighted by Crippen LogP contribution is 2.42. The summed E-state index contributed by atoms with van der Waals surface area (Å²) in [6, 6.07) is 6.12. The molecule has 1 aromatic carbocycles. The quantitative estimate of drug-likeness (QED) is 0.803. The minimum atomic E-state index is -0.836. The molecular weight excluding hydrogens is 396 g/mol. The topological polar surface area (TPSA) is 88.0 Å². The van der Waals surface area contributed by atoms with Crippen LogP contribution >= 0.6 is 0 Å². The highest BCUT2D eigenvalue weighted by atomic mass is 16.5. The second-order valence-corrected chi connectivity index (χ2v) is 8.83. The lowest BCUT2D eigenvalue weighted by Crippen LogP contribution is -2.53. The first kappa shape index (κ1) is 20.5. The van der Waals surface area contributed by atoms with E-state index in [2.05, 4.69) is 16.0 Å². The van der Waals surface area contributed by atoms with Crippen LogP contribution in [0, 0.1) is 0 Å². The van der Waals surface area contributed by atoms with E-state index in [1.54, 1.807) is 6.33 Å². The van der Waals surface area contributed by atoms with Gasteiger partial charge in [0.25, 0.3) is 0 Å². The Morgan fingerprint density at radius 2 is 1.84 bits per heavy atom. The Morgan fingerprint density at radius 3 is 2.55 bits per heavy atom. The molecule has 166 valence electrons. The number of likely N-dealkylation sites (tertiary alicyclic amines) is 2. The number of piperidine rings is 1. The molecule has 0 bridgehead atoms. The van der Waals surface area contributed by atoms with Crippen LogP contribution in [-0.4, -0.2) is 76.5 Å². The van der Waals surface area contributed by atoms with Crippen LogP contribution in [0.5, 0.6) is 5.75 Å². The largest absolute Gasteiger partial charge is 0.490 e. The number of rotatable bonds is 4. The summed E-state index contributed by atoms with van der Waals surface area (Å²) in [5, 5.41) is 10.5. The Morgan fingerprint density at radius 1 is 1.10 bits per heavy atom. The lowest BCUT2D eigenvalue weighted by atomic mass is 9.81. The Labute approximate surface area is 182 Å². The number of aromatic nitrogens is 2. The second-order valence-electron chi connectivity index (χ2n) is 8.83. The molecule has 1 amide bonds. The van der Waals surface area contributed by atoms with Crippen molar-refractivity contribution in [3.8, 4) is 5.75 Å². The number of carbonyl (C=O) groups is 1. The lowest BCUT2D eigenvalue weighted by molar-refractivity contribution is 0.0256. The molecule has 0 atom stereocenters. The number of amides is 1. The summed E-state index contributed by atoms with van der Waals surface area (Å²) in [4.78, 5) is 24.9. The van der Waals surface area contributed by atoms with Gasteiger partial charge in [-0.25, -0.2) is 14.8 Å². The van der Waals surface area contributed by atoms with E-state index in [9.17, 15) is 9.90 Å². The first-order valence-electron chi connectivity index (χ1n) is 11.4. The van der Waals surface area contributed by atoms with E-state index in [0.717, 1.165) is 74.3 Å². The highest BCUT2D eigenvalue weighted by molar-refractivity contribution is 5.83. The molecule has 0 unspecified atom stereocenters. The monoisotopic (exact) mass is 426 g/mol. The first-order valence-corrected chi connectivity index (χ1v) is 11.4. The molecule has 3 aliphatic rings. The third kappa shape index (κ3) is 3.94. The van der Waals surface area contributed by atoms with Crippen molar-refractivity contribution in [2.24, 2.45) is 0 Å². The maximum atomic E-state index is 11.5. The molecule has 3 saturated heterocycles. The van der Waals surface area contributed by atoms with Gasteiger partial charge in [-0.2, -0.15) is 0 Å². The van der Waals surface area contributed by atoms with Gasteiger partial charge < -0.3 is 19.5 Å². The van der Waals surface area contributed by atoms with E-state index in [-0.39, 0.29) is 11.6 Å². The van der Waals surface area contributed by atoms with Crippen LogP contribution in [0.15, 0.2) is 24.5 Å². The van der Waals surface area contributed by atoms with Gasteiger partial charge in [0.1, 0.15) is 18.2 Å². The predicted molar refractivity (Wildman–Crippen MR) is 115 cm³/mol. The molecule has 8 heteroatoms. The summed E-state index contributed by atoms with van der Waals surface area (Å²) in [5.74, 6) is 0.833. The van der Waals surface area contributed by atoms with Crippen molar-refractivity contribution in [2.45, 2.75) is 50.2 Å². The van der Waals surface area contributed by atoms with Gasteiger partial charge in [0.2, 0.25) is 0 Å². The van der Waals surface area contributed by atoms with Crippen LogP contribution in [0.2, 0.25) is 0 Å². The number of benzene rings is 1. The third-order valence-electron chi connectivity index (χ3n) is 7.09. The van der Waals surface area contributed by atoms with Gasteiger partial charge >= 0.3 is 6.09 Å². The van der Waals surface area contributed by atoms with Gasteiger partial charge in [-0.1, -0.05) is 0 Å². The zero-order valence-corrected chi connectivity index (χ0v) is 17.8. The summed E-state index contributed by atoms with van der Waals surface area (Å²) in [6.45, 7) is 4.62. The fourth-order valence-corrected chi connectivity index (χ4v) is 5.38.